The van der Waals surface area contributed by atoms with Gasteiger partial charge in [0.25, 0.3) is 0 Å². The highest BCUT2D eigenvalue weighted by Crippen LogP contribution is 2.26. The van der Waals surface area contributed by atoms with Gasteiger partial charge < -0.3 is 4.74 Å². The fourth-order valence-corrected chi connectivity index (χ4v) is 3.38. The molecule has 1 rings (SSSR count). The van der Waals surface area contributed by atoms with Crippen LogP contribution in [0, 0.1) is 0 Å². The second-order valence-electron chi connectivity index (χ2n) is 4.61. The van der Waals surface area contributed by atoms with Crippen LogP contribution in [0.3, 0.4) is 0 Å². The third-order valence-corrected chi connectivity index (χ3v) is 4.70. The lowest BCUT2D eigenvalue weighted by molar-refractivity contribution is 0.402. The van der Waals surface area contributed by atoms with Crippen LogP contribution in [0.25, 0.3) is 0 Å². The molecule has 0 amide bonds. The Kier molecular flexibility index (Phi) is 7.34. The number of hydrogen-bond donors (Lipinski definition) is 1. The molecule has 1 aromatic carbocycles. The molecule has 0 fully saturated rings. The minimum Gasteiger partial charge on any atom is -0.495 e. The predicted octanol–water partition coefficient (Wildman–Crippen LogP) is 3.60. The standard InChI is InChI=1S/C14H22ClNO3S/c1-3-4-5-6-7-10-16-20(17,18)14-11-12(15)8-9-13(14)19-2/h8-9,11,16H,3-7,10H2,1-2H3. The molecule has 6 heteroatoms. The van der Waals surface area contributed by atoms with Crippen LogP contribution in [0.15, 0.2) is 23.1 Å². The minimum atomic E-state index is -3.58. The lowest BCUT2D eigenvalue weighted by Gasteiger charge is -2.11. The molecule has 1 aromatic rings. The number of rotatable bonds is 9. The molecule has 0 aliphatic carbocycles. The minimum absolute atomic E-state index is 0.0843. The molecule has 0 aliphatic rings. The summed E-state index contributed by atoms with van der Waals surface area (Å²) < 4.78 is 32.1. The van der Waals surface area contributed by atoms with E-state index < -0.39 is 10.0 Å². The van der Waals surface area contributed by atoms with E-state index in [1.807, 2.05) is 0 Å². The Morgan fingerprint density at radius 3 is 2.55 bits per heavy atom. The molecule has 4 nitrogen and oxygen atoms in total. The summed E-state index contributed by atoms with van der Waals surface area (Å²) in [5, 5.41) is 0.370. The van der Waals surface area contributed by atoms with Crippen LogP contribution in [0.1, 0.15) is 39.0 Å². The van der Waals surface area contributed by atoms with E-state index in [0.717, 1.165) is 19.3 Å². The van der Waals surface area contributed by atoms with E-state index in [4.69, 9.17) is 16.3 Å². The van der Waals surface area contributed by atoms with Crippen LogP contribution in [-0.4, -0.2) is 22.1 Å². The highest BCUT2D eigenvalue weighted by molar-refractivity contribution is 7.89. The predicted molar refractivity (Wildman–Crippen MR) is 82.0 cm³/mol. The van der Waals surface area contributed by atoms with Gasteiger partial charge in [-0.25, -0.2) is 13.1 Å². The van der Waals surface area contributed by atoms with Gasteiger partial charge in [-0.2, -0.15) is 0 Å². The maximum Gasteiger partial charge on any atom is 0.244 e. The second-order valence-corrected chi connectivity index (χ2v) is 6.78. The van der Waals surface area contributed by atoms with Gasteiger partial charge in [0.2, 0.25) is 10.0 Å². The summed E-state index contributed by atoms with van der Waals surface area (Å²) >= 11 is 5.85. The fraction of sp³-hybridized carbons (Fsp3) is 0.571. The first-order chi connectivity index (χ1) is 9.51. The van der Waals surface area contributed by atoms with Crippen LogP contribution in [0.4, 0.5) is 0 Å². The van der Waals surface area contributed by atoms with Gasteiger partial charge in [0.05, 0.1) is 7.11 Å². The number of benzene rings is 1. The summed E-state index contributed by atoms with van der Waals surface area (Å²) in [6.45, 7) is 2.58. The number of unbranched alkanes of at least 4 members (excludes halogenated alkanes) is 4. The fourth-order valence-electron chi connectivity index (χ4n) is 1.87. The zero-order valence-electron chi connectivity index (χ0n) is 12.0. The molecular weight excluding hydrogens is 298 g/mol. The largest absolute Gasteiger partial charge is 0.495 e. The molecule has 0 radical (unpaired) electrons. The van der Waals surface area contributed by atoms with Crippen molar-refractivity contribution < 1.29 is 13.2 Å². The normalized spacial score (nSPS) is 11.6. The van der Waals surface area contributed by atoms with E-state index in [1.165, 1.54) is 26.0 Å². The first kappa shape index (κ1) is 17.3. The van der Waals surface area contributed by atoms with E-state index >= 15 is 0 Å². The Morgan fingerprint density at radius 2 is 1.90 bits per heavy atom. The smallest absolute Gasteiger partial charge is 0.244 e. The van der Waals surface area contributed by atoms with Crippen molar-refractivity contribution in [3.63, 3.8) is 0 Å². The first-order valence-electron chi connectivity index (χ1n) is 6.84. The van der Waals surface area contributed by atoms with Crippen molar-refractivity contribution in [1.82, 2.24) is 4.72 Å². The van der Waals surface area contributed by atoms with Crippen LogP contribution < -0.4 is 9.46 Å². The Hall–Kier alpha value is -0.780. The Balaban J connectivity index is 2.62. The van der Waals surface area contributed by atoms with Crippen molar-refractivity contribution in [2.45, 2.75) is 43.9 Å². The number of nitrogens with one attached hydrogen (secondary N) is 1. The van der Waals surface area contributed by atoms with Gasteiger partial charge in [-0.15, -0.1) is 0 Å². The Labute approximate surface area is 126 Å². The van der Waals surface area contributed by atoms with Gasteiger partial charge in [0.15, 0.2) is 0 Å². The summed E-state index contributed by atoms with van der Waals surface area (Å²) in [6.07, 6.45) is 5.37. The topological polar surface area (TPSA) is 55.4 Å². The second kappa shape index (κ2) is 8.49. The van der Waals surface area contributed by atoms with Gasteiger partial charge in [0.1, 0.15) is 10.6 Å². The summed E-state index contributed by atoms with van der Waals surface area (Å²) in [6, 6.07) is 4.56. The highest BCUT2D eigenvalue weighted by atomic mass is 35.5. The summed E-state index contributed by atoms with van der Waals surface area (Å²) in [7, 11) is -2.14. The van der Waals surface area contributed by atoms with E-state index in [2.05, 4.69) is 11.6 Å². The maximum absolute atomic E-state index is 12.2. The van der Waals surface area contributed by atoms with Gasteiger partial charge in [-0.05, 0) is 24.6 Å². The molecule has 114 valence electrons. The van der Waals surface area contributed by atoms with Crippen LogP contribution in [0.5, 0.6) is 5.75 Å². The van der Waals surface area contributed by atoms with Crippen molar-refractivity contribution in [3.8, 4) is 5.75 Å². The zero-order valence-corrected chi connectivity index (χ0v) is 13.6. The lowest BCUT2D eigenvalue weighted by Crippen LogP contribution is -2.25. The number of hydrogen-bond acceptors (Lipinski definition) is 3. The maximum atomic E-state index is 12.2. The van der Waals surface area contributed by atoms with Crippen LogP contribution >= 0.6 is 11.6 Å². The molecule has 0 unspecified atom stereocenters. The van der Waals surface area contributed by atoms with Gasteiger partial charge in [-0.3, -0.25) is 0 Å². The number of ether oxygens (including phenoxy) is 1. The van der Waals surface area contributed by atoms with Crippen molar-refractivity contribution in [3.05, 3.63) is 23.2 Å². The van der Waals surface area contributed by atoms with E-state index in [1.54, 1.807) is 12.1 Å². The van der Waals surface area contributed by atoms with E-state index in [-0.39, 0.29) is 4.90 Å². The first-order valence-corrected chi connectivity index (χ1v) is 8.70. The molecule has 20 heavy (non-hydrogen) atoms. The summed E-state index contributed by atoms with van der Waals surface area (Å²) in [4.78, 5) is 0.0843. The van der Waals surface area contributed by atoms with Crippen molar-refractivity contribution >= 4 is 21.6 Å². The number of halogens is 1. The molecular formula is C14H22ClNO3S. The third kappa shape index (κ3) is 5.31. The zero-order chi connectivity index (χ0) is 15.0. The van der Waals surface area contributed by atoms with Crippen molar-refractivity contribution in [2.24, 2.45) is 0 Å². The summed E-state index contributed by atoms with van der Waals surface area (Å²) in [5.41, 5.74) is 0. The van der Waals surface area contributed by atoms with Gasteiger partial charge in [-0.1, -0.05) is 44.2 Å². The molecule has 0 bridgehead atoms. The monoisotopic (exact) mass is 319 g/mol. The average molecular weight is 320 g/mol. The lowest BCUT2D eigenvalue weighted by atomic mass is 10.2. The molecule has 0 spiro atoms. The van der Waals surface area contributed by atoms with Crippen molar-refractivity contribution in [2.75, 3.05) is 13.7 Å². The molecule has 0 atom stereocenters. The van der Waals surface area contributed by atoms with E-state index in [0.29, 0.717) is 17.3 Å². The molecule has 0 heterocycles. The average Bonchev–Trinajstić information content (AvgIpc) is 2.42. The molecule has 0 saturated heterocycles. The third-order valence-electron chi connectivity index (χ3n) is 2.99. The van der Waals surface area contributed by atoms with Gasteiger partial charge >= 0.3 is 0 Å². The number of sulfonamides is 1. The van der Waals surface area contributed by atoms with Gasteiger partial charge in [0, 0.05) is 11.6 Å². The Bertz CT molecular complexity index is 517. The quantitative estimate of drug-likeness (QED) is 0.708. The molecule has 0 aromatic heterocycles. The highest BCUT2D eigenvalue weighted by Gasteiger charge is 2.19. The number of methoxy groups -OCH3 is 1. The van der Waals surface area contributed by atoms with Crippen LogP contribution in [0.2, 0.25) is 5.02 Å². The molecule has 0 saturated carbocycles. The van der Waals surface area contributed by atoms with E-state index in [9.17, 15) is 8.42 Å². The molecule has 1 N–H and O–H groups in total. The van der Waals surface area contributed by atoms with Crippen molar-refractivity contribution in [1.29, 1.82) is 0 Å². The molecule has 0 aliphatic heterocycles. The summed E-state index contributed by atoms with van der Waals surface area (Å²) in [5.74, 6) is 0.299. The Morgan fingerprint density at radius 1 is 1.20 bits per heavy atom. The SMILES string of the molecule is CCCCCCCNS(=O)(=O)c1cc(Cl)ccc1OC. The van der Waals surface area contributed by atoms with Crippen LogP contribution in [-0.2, 0) is 10.0 Å².